The van der Waals surface area contributed by atoms with Crippen molar-refractivity contribution in [3.8, 4) is 0 Å². The number of aryl methyl sites for hydroxylation is 1. The molecule has 2 aromatic heterocycles. The molecule has 1 fully saturated rings. The maximum absolute atomic E-state index is 11.5. The Hall–Kier alpha value is -2.11. The summed E-state index contributed by atoms with van der Waals surface area (Å²) in [5.74, 6) is 2.93. The minimum atomic E-state index is -0.0867. The Bertz CT molecular complexity index is 626. The average Bonchev–Trinajstić information content (AvgIpc) is 3.14. The second kappa shape index (κ2) is 4.87. The molecule has 0 saturated heterocycles. The number of rotatable bonds is 5. The van der Waals surface area contributed by atoms with Crippen molar-refractivity contribution >= 4 is 5.82 Å². The number of anilines is 1. The highest BCUT2D eigenvalue weighted by molar-refractivity contribution is 5.34. The third-order valence-corrected chi connectivity index (χ3v) is 3.30. The molecule has 0 atom stereocenters. The van der Waals surface area contributed by atoms with Crippen LogP contribution in [-0.4, -0.2) is 26.1 Å². The number of hydrogen-bond donors (Lipinski definition) is 2. The summed E-state index contributed by atoms with van der Waals surface area (Å²) in [6, 6.07) is 1.50. The van der Waals surface area contributed by atoms with Gasteiger partial charge in [0.25, 0.3) is 5.56 Å². The van der Waals surface area contributed by atoms with Gasteiger partial charge in [0.15, 0.2) is 0 Å². The molecule has 3 rings (SSSR count). The smallest absolute Gasteiger partial charge is 0.252 e. The van der Waals surface area contributed by atoms with E-state index in [-0.39, 0.29) is 5.56 Å². The Morgan fingerprint density at radius 1 is 1.53 bits per heavy atom. The maximum Gasteiger partial charge on any atom is 0.252 e. The van der Waals surface area contributed by atoms with Crippen LogP contribution in [0.3, 0.4) is 0 Å². The van der Waals surface area contributed by atoms with Crippen LogP contribution in [0.5, 0.6) is 0 Å². The lowest BCUT2D eigenvalue weighted by molar-refractivity contribution is 0.787. The minimum Gasteiger partial charge on any atom is -0.369 e. The lowest BCUT2D eigenvalue weighted by atomic mass is 10.3. The van der Waals surface area contributed by atoms with Crippen molar-refractivity contribution in [2.45, 2.75) is 25.2 Å². The summed E-state index contributed by atoms with van der Waals surface area (Å²) in [4.78, 5) is 23.0. The van der Waals surface area contributed by atoms with Gasteiger partial charge in [-0.15, -0.1) is 0 Å². The third-order valence-electron chi connectivity index (χ3n) is 3.30. The van der Waals surface area contributed by atoms with Gasteiger partial charge < -0.3 is 14.9 Å². The van der Waals surface area contributed by atoms with E-state index >= 15 is 0 Å². The van der Waals surface area contributed by atoms with Gasteiger partial charge in [0.2, 0.25) is 0 Å². The van der Waals surface area contributed by atoms with E-state index in [1.807, 2.05) is 17.8 Å². The average molecular weight is 259 g/mol. The summed E-state index contributed by atoms with van der Waals surface area (Å²) < 4.78 is 1.99. The van der Waals surface area contributed by atoms with Crippen LogP contribution in [0.25, 0.3) is 0 Å². The van der Waals surface area contributed by atoms with Gasteiger partial charge >= 0.3 is 0 Å². The molecule has 1 saturated carbocycles. The van der Waals surface area contributed by atoms with Gasteiger partial charge in [0.1, 0.15) is 17.5 Å². The number of nitrogens with one attached hydrogen (secondary N) is 2. The van der Waals surface area contributed by atoms with E-state index in [9.17, 15) is 4.79 Å². The summed E-state index contributed by atoms with van der Waals surface area (Å²) in [7, 11) is 1.97. The van der Waals surface area contributed by atoms with E-state index in [2.05, 4.69) is 20.3 Å². The number of aromatic amines is 1. The number of H-pyrrole nitrogens is 1. The van der Waals surface area contributed by atoms with E-state index in [1.54, 1.807) is 6.20 Å². The summed E-state index contributed by atoms with van der Waals surface area (Å²) in [6.07, 6.45) is 6.76. The van der Waals surface area contributed by atoms with Gasteiger partial charge in [-0.3, -0.25) is 4.79 Å². The van der Waals surface area contributed by atoms with Crippen LogP contribution < -0.4 is 10.9 Å². The molecule has 0 aliphatic heterocycles. The second-order valence-electron chi connectivity index (χ2n) is 4.92. The van der Waals surface area contributed by atoms with E-state index in [0.29, 0.717) is 18.3 Å². The largest absolute Gasteiger partial charge is 0.369 e. The van der Waals surface area contributed by atoms with Crippen molar-refractivity contribution in [2.75, 3.05) is 11.9 Å². The molecule has 2 N–H and O–H groups in total. The molecule has 19 heavy (non-hydrogen) atoms. The Kier molecular flexibility index (Phi) is 3.06. The summed E-state index contributed by atoms with van der Waals surface area (Å²) in [5.41, 5.74) is -0.0867. The normalized spacial score (nSPS) is 14.6. The van der Waals surface area contributed by atoms with Crippen molar-refractivity contribution < 1.29 is 0 Å². The first-order valence-corrected chi connectivity index (χ1v) is 6.54. The number of hydrogen-bond acceptors (Lipinski definition) is 4. The quantitative estimate of drug-likeness (QED) is 0.841. The molecule has 0 amide bonds. The number of nitrogens with zero attached hydrogens (tertiary/aromatic N) is 3. The van der Waals surface area contributed by atoms with Crippen molar-refractivity contribution in [2.24, 2.45) is 7.05 Å². The van der Waals surface area contributed by atoms with Crippen LogP contribution in [0, 0.1) is 0 Å². The maximum atomic E-state index is 11.5. The predicted octanol–water partition coefficient (Wildman–Crippen LogP) is 1.04. The molecule has 0 bridgehead atoms. The molecule has 2 heterocycles. The van der Waals surface area contributed by atoms with Gasteiger partial charge in [-0.1, -0.05) is 0 Å². The Morgan fingerprint density at radius 3 is 3.05 bits per heavy atom. The lowest BCUT2D eigenvalue weighted by Gasteiger charge is -2.07. The zero-order chi connectivity index (χ0) is 13.2. The third kappa shape index (κ3) is 2.83. The van der Waals surface area contributed by atoms with E-state index < -0.39 is 0 Å². The number of imidazole rings is 1. The first-order valence-electron chi connectivity index (χ1n) is 6.54. The zero-order valence-electron chi connectivity index (χ0n) is 10.9. The van der Waals surface area contributed by atoms with Crippen LogP contribution in [0.4, 0.5) is 5.82 Å². The van der Waals surface area contributed by atoms with Crippen molar-refractivity contribution in [1.82, 2.24) is 19.5 Å². The van der Waals surface area contributed by atoms with Gasteiger partial charge in [0.05, 0.1) is 0 Å². The van der Waals surface area contributed by atoms with Gasteiger partial charge in [-0.25, -0.2) is 9.97 Å². The van der Waals surface area contributed by atoms with Crippen LogP contribution in [-0.2, 0) is 13.5 Å². The SMILES string of the molecule is Cn1ccnc1CCNc1cc(=O)[nH]c(C2CC2)n1. The Morgan fingerprint density at radius 2 is 2.37 bits per heavy atom. The lowest BCUT2D eigenvalue weighted by Crippen LogP contribution is -2.15. The van der Waals surface area contributed by atoms with E-state index in [4.69, 9.17) is 0 Å². The van der Waals surface area contributed by atoms with Gasteiger partial charge in [-0.2, -0.15) is 0 Å². The van der Waals surface area contributed by atoms with Crippen molar-refractivity contribution in [3.05, 3.63) is 40.5 Å². The van der Waals surface area contributed by atoms with E-state index in [0.717, 1.165) is 30.9 Å². The van der Waals surface area contributed by atoms with Crippen molar-refractivity contribution in [1.29, 1.82) is 0 Å². The van der Waals surface area contributed by atoms with Gasteiger partial charge in [-0.05, 0) is 12.8 Å². The summed E-state index contributed by atoms with van der Waals surface area (Å²) >= 11 is 0. The highest BCUT2D eigenvalue weighted by Crippen LogP contribution is 2.37. The highest BCUT2D eigenvalue weighted by Gasteiger charge is 2.26. The first-order chi connectivity index (χ1) is 9.22. The molecule has 0 unspecified atom stereocenters. The molecule has 1 aliphatic rings. The molecule has 1 aliphatic carbocycles. The molecule has 2 aromatic rings. The van der Waals surface area contributed by atoms with Gasteiger partial charge in [0, 0.05) is 44.4 Å². The first kappa shape index (κ1) is 12.0. The molecule has 100 valence electrons. The Labute approximate surface area is 110 Å². The highest BCUT2D eigenvalue weighted by atomic mass is 16.1. The topological polar surface area (TPSA) is 75.6 Å². The summed E-state index contributed by atoms with van der Waals surface area (Å²) in [6.45, 7) is 0.714. The zero-order valence-corrected chi connectivity index (χ0v) is 10.9. The fourth-order valence-electron chi connectivity index (χ4n) is 2.06. The van der Waals surface area contributed by atoms with E-state index in [1.165, 1.54) is 6.07 Å². The molecular formula is C13H17N5O. The van der Waals surface area contributed by atoms with Crippen LogP contribution in [0.1, 0.15) is 30.4 Å². The minimum absolute atomic E-state index is 0.0867. The monoisotopic (exact) mass is 259 g/mol. The predicted molar refractivity (Wildman–Crippen MR) is 72.2 cm³/mol. The summed E-state index contributed by atoms with van der Waals surface area (Å²) in [5, 5.41) is 3.19. The van der Waals surface area contributed by atoms with Crippen LogP contribution in [0.2, 0.25) is 0 Å². The number of aromatic nitrogens is 4. The van der Waals surface area contributed by atoms with Crippen molar-refractivity contribution in [3.63, 3.8) is 0 Å². The Balaban J connectivity index is 1.63. The molecule has 0 spiro atoms. The molecule has 0 aromatic carbocycles. The fraction of sp³-hybridized carbons (Fsp3) is 0.462. The molecular weight excluding hydrogens is 242 g/mol. The standard InChI is InChI=1S/C13H17N5O/c1-18-7-6-15-11(18)4-5-14-10-8-12(19)17-13(16-10)9-2-3-9/h6-9H,2-5H2,1H3,(H2,14,16,17,19). The van der Waals surface area contributed by atoms with Crippen LogP contribution >= 0.6 is 0 Å². The fourth-order valence-corrected chi connectivity index (χ4v) is 2.06. The molecule has 6 heteroatoms. The van der Waals surface area contributed by atoms with Crippen LogP contribution in [0.15, 0.2) is 23.3 Å². The second-order valence-corrected chi connectivity index (χ2v) is 4.92. The molecule has 6 nitrogen and oxygen atoms in total. The molecule has 0 radical (unpaired) electrons.